The average Bonchev–Trinajstić information content (AvgIpc) is 2.82. The van der Waals surface area contributed by atoms with Crippen LogP contribution in [0.15, 0.2) is 53.4 Å². The van der Waals surface area contributed by atoms with Crippen molar-refractivity contribution in [2.75, 3.05) is 27.0 Å². The lowest BCUT2D eigenvalue weighted by molar-refractivity contribution is -0.129. The molecule has 1 aliphatic rings. The van der Waals surface area contributed by atoms with E-state index in [4.69, 9.17) is 4.74 Å². The summed E-state index contributed by atoms with van der Waals surface area (Å²) >= 11 is 1.45. The van der Waals surface area contributed by atoms with Gasteiger partial charge >= 0.3 is 0 Å². The minimum atomic E-state index is -0.0565. The molecule has 0 unspecified atom stereocenters. The van der Waals surface area contributed by atoms with Crippen LogP contribution in [-0.4, -0.2) is 54.6 Å². The quantitative estimate of drug-likeness (QED) is 0.551. The molecular formula is C25H32N2O3S. The molecule has 0 heterocycles. The Morgan fingerprint density at radius 3 is 2.52 bits per heavy atom. The predicted octanol–water partition coefficient (Wildman–Crippen LogP) is 4.85. The molecule has 0 N–H and O–H groups in total. The summed E-state index contributed by atoms with van der Waals surface area (Å²) in [4.78, 5) is 30.3. The maximum atomic E-state index is 13.1. The summed E-state index contributed by atoms with van der Waals surface area (Å²) in [5.41, 5.74) is 1.63. The third-order valence-corrected chi connectivity index (χ3v) is 6.94. The lowest BCUT2D eigenvalue weighted by Gasteiger charge is -2.31. The van der Waals surface area contributed by atoms with E-state index in [1.807, 2.05) is 60.5 Å². The molecule has 2 amide bonds. The lowest BCUT2D eigenvalue weighted by Crippen LogP contribution is -2.39. The summed E-state index contributed by atoms with van der Waals surface area (Å²) in [6.45, 7) is 0.485. The summed E-state index contributed by atoms with van der Waals surface area (Å²) in [6, 6.07) is 15.6. The second kappa shape index (κ2) is 11.2. The smallest absolute Gasteiger partial charge is 0.255 e. The van der Waals surface area contributed by atoms with E-state index in [1.54, 1.807) is 19.1 Å². The highest BCUT2D eigenvalue weighted by molar-refractivity contribution is 8.00. The lowest BCUT2D eigenvalue weighted by atomic mass is 9.94. The van der Waals surface area contributed by atoms with Gasteiger partial charge in [0, 0.05) is 31.6 Å². The van der Waals surface area contributed by atoms with Gasteiger partial charge in [-0.3, -0.25) is 9.59 Å². The number of ether oxygens (including phenoxy) is 1. The molecule has 0 bridgehead atoms. The van der Waals surface area contributed by atoms with E-state index in [0.29, 0.717) is 23.9 Å². The fourth-order valence-electron chi connectivity index (χ4n) is 4.00. The molecule has 0 atom stereocenters. The fourth-order valence-corrected chi connectivity index (χ4v) is 4.97. The van der Waals surface area contributed by atoms with Gasteiger partial charge in [-0.1, -0.05) is 43.5 Å². The van der Waals surface area contributed by atoms with Gasteiger partial charge in [-0.2, -0.15) is 0 Å². The second-order valence-electron chi connectivity index (χ2n) is 8.09. The van der Waals surface area contributed by atoms with Crippen LogP contribution < -0.4 is 4.74 Å². The largest absolute Gasteiger partial charge is 0.497 e. The first-order valence-corrected chi connectivity index (χ1v) is 11.8. The van der Waals surface area contributed by atoms with Crippen molar-refractivity contribution in [2.45, 2.75) is 49.6 Å². The number of hydrogen-bond donors (Lipinski definition) is 0. The van der Waals surface area contributed by atoms with Crippen LogP contribution in [0, 0.1) is 0 Å². The van der Waals surface area contributed by atoms with Crippen LogP contribution in [0.25, 0.3) is 0 Å². The Kier molecular flexibility index (Phi) is 8.41. The Balaban J connectivity index is 1.63. The summed E-state index contributed by atoms with van der Waals surface area (Å²) in [5.74, 6) is 1.19. The molecule has 5 nitrogen and oxygen atoms in total. The highest BCUT2D eigenvalue weighted by Gasteiger charge is 2.23. The van der Waals surface area contributed by atoms with Crippen LogP contribution in [0.1, 0.15) is 48.0 Å². The molecule has 1 fully saturated rings. The minimum Gasteiger partial charge on any atom is -0.497 e. The number of thioether (sulfide) groups is 1. The zero-order chi connectivity index (χ0) is 22.2. The first kappa shape index (κ1) is 23.2. The number of hydrogen-bond acceptors (Lipinski definition) is 4. The van der Waals surface area contributed by atoms with Crippen molar-refractivity contribution in [2.24, 2.45) is 0 Å². The molecule has 1 saturated carbocycles. The zero-order valence-electron chi connectivity index (χ0n) is 18.7. The van der Waals surface area contributed by atoms with Crippen LogP contribution in [0.4, 0.5) is 0 Å². The summed E-state index contributed by atoms with van der Waals surface area (Å²) in [6.07, 6.45) is 5.86. The Bertz CT molecular complexity index is 896. The number of nitrogens with zero attached hydrogens (tertiary/aromatic N) is 2. The van der Waals surface area contributed by atoms with Crippen molar-refractivity contribution in [3.63, 3.8) is 0 Å². The van der Waals surface area contributed by atoms with Gasteiger partial charge in [-0.25, -0.2) is 0 Å². The molecule has 0 aromatic heterocycles. The van der Waals surface area contributed by atoms with Crippen LogP contribution in [0.5, 0.6) is 5.75 Å². The molecule has 2 aromatic rings. The average molecular weight is 441 g/mol. The van der Waals surface area contributed by atoms with Gasteiger partial charge in [-0.15, -0.1) is 11.8 Å². The van der Waals surface area contributed by atoms with Crippen molar-refractivity contribution in [1.29, 1.82) is 0 Å². The van der Waals surface area contributed by atoms with Gasteiger partial charge < -0.3 is 14.5 Å². The summed E-state index contributed by atoms with van der Waals surface area (Å²) in [7, 11) is 5.34. The number of methoxy groups -OCH3 is 1. The maximum Gasteiger partial charge on any atom is 0.255 e. The number of carbonyl (C=O) groups is 2. The van der Waals surface area contributed by atoms with Crippen molar-refractivity contribution in [3.05, 3.63) is 59.7 Å². The summed E-state index contributed by atoms with van der Waals surface area (Å²) in [5, 5.41) is 0. The Hall–Kier alpha value is -2.47. The van der Waals surface area contributed by atoms with E-state index in [1.165, 1.54) is 31.0 Å². The molecule has 0 radical (unpaired) electrons. The van der Waals surface area contributed by atoms with Crippen molar-refractivity contribution in [3.8, 4) is 5.75 Å². The molecule has 31 heavy (non-hydrogen) atoms. The first-order valence-electron chi connectivity index (χ1n) is 10.9. The third kappa shape index (κ3) is 6.26. The molecule has 3 rings (SSSR count). The van der Waals surface area contributed by atoms with Gasteiger partial charge in [0.25, 0.3) is 5.91 Å². The number of carbonyl (C=O) groups excluding carboxylic acids is 2. The standard InChI is InChI=1S/C25H32N2O3S/c1-26(17-19-10-9-13-21(16-19)30-3)25(29)22-14-7-8-15-23(22)31-18-24(28)27(2)20-11-5-4-6-12-20/h7-10,13-16,20H,4-6,11-12,17-18H2,1-3H3. The minimum absolute atomic E-state index is 0.0565. The van der Waals surface area contributed by atoms with E-state index >= 15 is 0 Å². The van der Waals surface area contributed by atoms with E-state index in [-0.39, 0.29) is 11.8 Å². The Morgan fingerprint density at radius 2 is 1.77 bits per heavy atom. The highest BCUT2D eigenvalue weighted by atomic mass is 32.2. The monoisotopic (exact) mass is 440 g/mol. The molecule has 0 aliphatic heterocycles. The molecule has 0 saturated heterocycles. The van der Waals surface area contributed by atoms with E-state index in [0.717, 1.165) is 29.1 Å². The number of benzene rings is 2. The maximum absolute atomic E-state index is 13.1. The SMILES string of the molecule is COc1cccc(CN(C)C(=O)c2ccccc2SCC(=O)N(C)C2CCCCC2)c1. The van der Waals surface area contributed by atoms with Gasteiger partial charge in [0.1, 0.15) is 5.75 Å². The van der Waals surface area contributed by atoms with Gasteiger partial charge in [0.05, 0.1) is 18.4 Å². The molecule has 166 valence electrons. The molecule has 2 aromatic carbocycles. The zero-order valence-corrected chi connectivity index (χ0v) is 19.5. The van der Waals surface area contributed by atoms with Crippen molar-refractivity contribution in [1.82, 2.24) is 9.80 Å². The van der Waals surface area contributed by atoms with Crippen LogP contribution in [-0.2, 0) is 11.3 Å². The van der Waals surface area contributed by atoms with Crippen LogP contribution in [0.3, 0.4) is 0 Å². The number of rotatable bonds is 8. The summed E-state index contributed by atoms with van der Waals surface area (Å²) < 4.78 is 5.28. The normalized spacial score (nSPS) is 14.2. The van der Waals surface area contributed by atoms with Gasteiger partial charge in [0.2, 0.25) is 5.91 Å². The Morgan fingerprint density at radius 1 is 1.03 bits per heavy atom. The van der Waals surface area contributed by atoms with E-state index in [9.17, 15) is 9.59 Å². The third-order valence-electron chi connectivity index (χ3n) is 5.89. The highest BCUT2D eigenvalue weighted by Crippen LogP contribution is 2.27. The fraction of sp³-hybridized carbons (Fsp3) is 0.440. The molecule has 0 spiro atoms. The van der Waals surface area contributed by atoms with E-state index in [2.05, 4.69) is 0 Å². The van der Waals surface area contributed by atoms with Gasteiger partial charge in [0.15, 0.2) is 0 Å². The molecular weight excluding hydrogens is 408 g/mol. The van der Waals surface area contributed by atoms with Crippen LogP contribution in [0.2, 0.25) is 0 Å². The Labute approximate surface area is 189 Å². The van der Waals surface area contributed by atoms with Crippen molar-refractivity contribution >= 4 is 23.6 Å². The first-order chi connectivity index (χ1) is 15.0. The van der Waals surface area contributed by atoms with Crippen LogP contribution >= 0.6 is 11.8 Å². The second-order valence-corrected chi connectivity index (χ2v) is 9.11. The van der Waals surface area contributed by atoms with Crippen molar-refractivity contribution < 1.29 is 14.3 Å². The van der Waals surface area contributed by atoms with E-state index < -0.39 is 0 Å². The predicted molar refractivity (Wildman–Crippen MR) is 126 cm³/mol. The molecule has 1 aliphatic carbocycles. The topological polar surface area (TPSA) is 49.9 Å². The van der Waals surface area contributed by atoms with Gasteiger partial charge in [-0.05, 0) is 42.7 Å². The molecule has 6 heteroatoms. The number of amides is 2.